The first-order valence-corrected chi connectivity index (χ1v) is 28.0. The molecule has 3 fully saturated rings. The number of carbonyl (C=O) groups excluding carboxylic acids is 10. The number of aliphatic hydroxyl groups excluding tert-OH is 2. The van der Waals surface area contributed by atoms with E-state index in [4.69, 9.17) is 14.2 Å². The molecular formula is C57H89N7O15. The average molecular weight is 1110 g/mol. The first-order chi connectivity index (χ1) is 37.0. The van der Waals surface area contributed by atoms with E-state index in [0.29, 0.717) is 30.6 Å². The lowest BCUT2D eigenvalue weighted by molar-refractivity contribution is -0.163. The van der Waals surface area contributed by atoms with E-state index < -0.39 is 150 Å². The van der Waals surface area contributed by atoms with E-state index in [2.05, 4.69) is 16.0 Å². The maximum Gasteiger partial charge on any atom is 0.329 e. The lowest BCUT2D eigenvalue weighted by Gasteiger charge is -2.36. The molecule has 3 heterocycles. The summed E-state index contributed by atoms with van der Waals surface area (Å²) in [6.07, 6.45) is -4.99. The number of Topliss-reactive ketones (excluding diaryl/α,β-unsaturated/α-hetero) is 1. The van der Waals surface area contributed by atoms with Crippen molar-refractivity contribution in [2.75, 3.05) is 34.3 Å². The van der Waals surface area contributed by atoms with E-state index in [1.165, 1.54) is 61.6 Å². The number of likely N-dealkylation sites (N-methyl/N-ethyl adjacent to an activating group) is 2. The van der Waals surface area contributed by atoms with Crippen LogP contribution in [0.5, 0.6) is 5.75 Å². The first kappa shape index (κ1) is 65.4. The van der Waals surface area contributed by atoms with Crippen molar-refractivity contribution in [3.63, 3.8) is 0 Å². The molecule has 442 valence electrons. The van der Waals surface area contributed by atoms with Crippen LogP contribution in [0.3, 0.4) is 0 Å². The molecular weight excluding hydrogens is 1020 g/mol. The number of aliphatic hydroxyl groups is 2. The fourth-order valence-corrected chi connectivity index (χ4v) is 10.5. The van der Waals surface area contributed by atoms with Gasteiger partial charge in [-0.3, -0.25) is 43.2 Å². The van der Waals surface area contributed by atoms with Crippen molar-refractivity contribution in [2.24, 2.45) is 29.6 Å². The number of nitrogens with zero attached hydrogens (tertiary/aromatic N) is 4. The third-order valence-electron chi connectivity index (χ3n) is 15.5. The summed E-state index contributed by atoms with van der Waals surface area (Å²) in [6, 6.07) is -2.19. The van der Waals surface area contributed by atoms with Crippen molar-refractivity contribution in [2.45, 2.75) is 201 Å². The number of benzene rings is 1. The fourth-order valence-electron chi connectivity index (χ4n) is 10.5. The second kappa shape index (κ2) is 29.3. The number of carbonyl (C=O) groups is 10. The van der Waals surface area contributed by atoms with Crippen LogP contribution < -0.4 is 20.7 Å². The third kappa shape index (κ3) is 16.9. The summed E-state index contributed by atoms with van der Waals surface area (Å²) < 4.78 is 17.2. The predicted molar refractivity (Wildman–Crippen MR) is 290 cm³/mol. The maximum absolute atomic E-state index is 15.0. The number of cyclic esters (lactones) is 2. The van der Waals surface area contributed by atoms with Gasteiger partial charge in [0.25, 0.3) is 5.91 Å². The molecule has 0 aliphatic carbocycles. The van der Waals surface area contributed by atoms with Gasteiger partial charge in [0, 0.05) is 33.6 Å². The van der Waals surface area contributed by atoms with Crippen molar-refractivity contribution in [1.82, 2.24) is 35.6 Å². The fraction of sp³-hybridized carbons (Fsp3) is 0.719. The van der Waals surface area contributed by atoms with Gasteiger partial charge in [0.15, 0.2) is 11.9 Å². The molecule has 0 bridgehead atoms. The van der Waals surface area contributed by atoms with Crippen LogP contribution >= 0.6 is 0 Å². The molecule has 3 aliphatic rings. The van der Waals surface area contributed by atoms with Gasteiger partial charge in [-0.2, -0.15) is 0 Å². The average Bonchev–Trinajstić information content (AvgIpc) is 4.13. The van der Waals surface area contributed by atoms with Crippen LogP contribution in [0.15, 0.2) is 24.3 Å². The minimum atomic E-state index is -1.76. The highest BCUT2D eigenvalue weighted by Crippen LogP contribution is 2.27. The summed E-state index contributed by atoms with van der Waals surface area (Å²) in [6.45, 7) is 18.4. The standard InChI is InChI=1S/C57H89N7O15/c1-15-33(8)46-44(66)29-45(67)79-49(32(6)7)48(68)34(9)50(69)58-39(26-30(2)3)54(73)64-25-17-19-41(64)56(75)62(13)43(28-37-20-22-38(77-14)23-21-37)57(76)78-36(11)47(52(71)59-46)60-51(70)42(27-31(4)5)61(12)55(74)40-18-16-24-63(40)53(72)35(10)65/h20-23,30-36,39-44,46-47,49,65-66H,15-19,24-29H2,1-14H3,(H,58,69)(H,59,71)(H,60,70)/t33-,34+,35-,36-,39-,40+,41-,42-,43-,44-,46+,47-,49-/m0/s1. The summed E-state index contributed by atoms with van der Waals surface area (Å²) in [4.78, 5) is 149. The zero-order valence-corrected chi connectivity index (χ0v) is 48.8. The highest BCUT2D eigenvalue weighted by atomic mass is 16.6. The van der Waals surface area contributed by atoms with Crippen LogP contribution in [0.25, 0.3) is 0 Å². The predicted octanol–water partition coefficient (Wildman–Crippen LogP) is 2.32. The molecule has 0 aromatic heterocycles. The van der Waals surface area contributed by atoms with Crippen LogP contribution in [0.2, 0.25) is 0 Å². The Kier molecular flexibility index (Phi) is 24.3. The van der Waals surface area contributed by atoms with E-state index in [1.54, 1.807) is 52.0 Å². The zero-order valence-electron chi connectivity index (χ0n) is 48.8. The van der Waals surface area contributed by atoms with E-state index >= 15 is 4.79 Å². The van der Waals surface area contributed by atoms with Gasteiger partial charge in [-0.05, 0) is 101 Å². The molecule has 5 N–H and O–H groups in total. The van der Waals surface area contributed by atoms with Gasteiger partial charge >= 0.3 is 11.9 Å². The lowest BCUT2D eigenvalue weighted by atomic mass is 9.91. The molecule has 1 aromatic carbocycles. The number of amides is 7. The molecule has 0 spiro atoms. The monoisotopic (exact) mass is 1110 g/mol. The number of ether oxygens (including phenoxy) is 3. The van der Waals surface area contributed by atoms with Crippen LogP contribution in [0, 0.1) is 29.6 Å². The Balaban J connectivity index is 1.89. The quantitative estimate of drug-likeness (QED) is 0.124. The van der Waals surface area contributed by atoms with Crippen molar-refractivity contribution in [3.05, 3.63) is 29.8 Å². The van der Waals surface area contributed by atoms with E-state index in [0.717, 1.165) is 0 Å². The molecule has 0 unspecified atom stereocenters. The van der Waals surface area contributed by atoms with Crippen molar-refractivity contribution in [3.8, 4) is 5.75 Å². The van der Waals surface area contributed by atoms with Gasteiger partial charge in [-0.1, -0.05) is 73.9 Å². The number of esters is 2. The van der Waals surface area contributed by atoms with Gasteiger partial charge in [0.2, 0.25) is 35.4 Å². The topological polar surface area (TPSA) is 288 Å². The third-order valence-corrected chi connectivity index (χ3v) is 15.5. The molecule has 79 heavy (non-hydrogen) atoms. The number of rotatable bonds is 15. The van der Waals surface area contributed by atoms with Gasteiger partial charge in [-0.15, -0.1) is 0 Å². The van der Waals surface area contributed by atoms with Crippen LogP contribution in [0.1, 0.15) is 133 Å². The maximum atomic E-state index is 15.0. The molecule has 0 saturated carbocycles. The Morgan fingerprint density at radius 3 is 2.06 bits per heavy atom. The van der Waals surface area contributed by atoms with Crippen molar-refractivity contribution >= 4 is 59.1 Å². The number of nitrogens with one attached hydrogen (secondary N) is 3. The van der Waals surface area contributed by atoms with Gasteiger partial charge in [0.05, 0.1) is 31.6 Å². The van der Waals surface area contributed by atoms with Crippen molar-refractivity contribution < 1.29 is 72.4 Å². The van der Waals surface area contributed by atoms with Gasteiger partial charge in [-0.25, -0.2) is 4.79 Å². The zero-order chi connectivity index (χ0) is 59.3. The summed E-state index contributed by atoms with van der Waals surface area (Å²) in [5.74, 6) is -10.3. The Bertz CT molecular complexity index is 2330. The van der Waals surface area contributed by atoms with Crippen molar-refractivity contribution in [1.29, 1.82) is 0 Å². The Morgan fingerprint density at radius 1 is 0.861 bits per heavy atom. The smallest absolute Gasteiger partial charge is 0.329 e. The van der Waals surface area contributed by atoms with E-state index in [-0.39, 0.29) is 57.0 Å². The van der Waals surface area contributed by atoms with Crippen LogP contribution in [-0.4, -0.2) is 190 Å². The molecule has 0 radical (unpaired) electrons. The molecule has 3 aliphatic heterocycles. The Hall–Kier alpha value is -6.16. The molecule has 13 atom stereocenters. The number of likely N-dealkylation sites (tertiary alicyclic amines) is 1. The minimum absolute atomic E-state index is 0.0720. The normalized spacial score (nSPS) is 27.7. The summed E-state index contributed by atoms with van der Waals surface area (Å²) >= 11 is 0. The van der Waals surface area contributed by atoms with Crippen LogP contribution in [-0.2, 0) is 63.8 Å². The molecule has 3 saturated heterocycles. The molecule has 4 rings (SSSR count). The second-order valence-corrected chi connectivity index (χ2v) is 23.0. The van der Waals surface area contributed by atoms with E-state index in [1.807, 2.05) is 27.7 Å². The highest BCUT2D eigenvalue weighted by Gasteiger charge is 2.46. The Morgan fingerprint density at radius 2 is 1.49 bits per heavy atom. The molecule has 22 heteroatoms. The minimum Gasteiger partial charge on any atom is -0.497 e. The largest absolute Gasteiger partial charge is 0.497 e. The lowest BCUT2D eigenvalue weighted by Crippen LogP contribution is -2.62. The van der Waals surface area contributed by atoms with Gasteiger partial charge in [0.1, 0.15) is 54.2 Å². The number of hydrogen-bond acceptors (Lipinski definition) is 15. The number of hydrogen-bond donors (Lipinski definition) is 5. The SMILES string of the molecule is CC[C@H](C)[C@H]1NC(=O)[C@@H](NC(=O)[C@H](CC(C)C)N(C)C(=O)[C@H]2CCCN2C(=O)[C@H](C)O)[C@H](C)OC(=O)[C@H](Cc2ccc(OC)cc2)N(C)C(=O)[C@@H]2CCCN2C(=O)[C@H](CC(C)C)NC(=O)[C@H](C)C(=O)[C@H](C(C)C)OC(=O)C[C@@H]1O. The number of fused-ring (bicyclic) bond motifs is 1. The highest BCUT2D eigenvalue weighted by molar-refractivity contribution is 6.05. The second-order valence-electron chi connectivity index (χ2n) is 23.0. The molecule has 1 aromatic rings. The number of ketones is 1. The summed E-state index contributed by atoms with van der Waals surface area (Å²) in [5.41, 5.74) is 0.571. The van der Waals surface area contributed by atoms with E-state index in [9.17, 15) is 53.4 Å². The summed E-state index contributed by atoms with van der Waals surface area (Å²) in [5, 5.41) is 30.2. The molecule has 22 nitrogen and oxygen atoms in total. The summed E-state index contributed by atoms with van der Waals surface area (Å²) in [7, 11) is 4.29. The number of methoxy groups -OCH3 is 1. The first-order valence-electron chi connectivity index (χ1n) is 28.0. The Labute approximate surface area is 465 Å². The van der Waals surface area contributed by atoms with Gasteiger partial charge < -0.3 is 60.0 Å². The van der Waals surface area contributed by atoms with Crippen LogP contribution in [0.4, 0.5) is 0 Å². The molecule has 7 amide bonds.